The van der Waals surface area contributed by atoms with Crippen molar-refractivity contribution in [2.45, 2.75) is 13.0 Å². The van der Waals surface area contributed by atoms with Gasteiger partial charge < -0.3 is 10.2 Å². The van der Waals surface area contributed by atoms with E-state index >= 15 is 0 Å². The van der Waals surface area contributed by atoms with Crippen LogP contribution in [0.3, 0.4) is 0 Å². The molecule has 0 bridgehead atoms. The molecule has 0 heterocycles. The van der Waals surface area contributed by atoms with Crippen LogP contribution >= 0.6 is 22.6 Å². The average molecular weight is 336 g/mol. The van der Waals surface area contributed by atoms with E-state index in [0.29, 0.717) is 0 Å². The van der Waals surface area contributed by atoms with Crippen molar-refractivity contribution in [2.75, 3.05) is 27.2 Å². The molecule has 90 valence electrons. The molecule has 0 aromatic heterocycles. The van der Waals surface area contributed by atoms with Gasteiger partial charge in [0, 0.05) is 10.1 Å². The quantitative estimate of drug-likeness (QED) is 0.634. The lowest BCUT2D eigenvalue weighted by atomic mass is 10.2. The highest BCUT2D eigenvalue weighted by Crippen LogP contribution is 2.13. The van der Waals surface area contributed by atoms with Gasteiger partial charge in [0.05, 0.1) is 0 Å². The summed E-state index contributed by atoms with van der Waals surface area (Å²) in [7, 11) is 4.14. The number of nitrogens with one attached hydrogen (secondary N) is 1. The van der Waals surface area contributed by atoms with Crippen LogP contribution < -0.4 is 5.32 Å². The number of nitrogens with zero attached hydrogens (tertiary/aromatic N) is 1. The lowest BCUT2D eigenvalue weighted by molar-refractivity contribution is 0.394. The number of benzene rings is 1. The molecule has 0 amide bonds. The molecule has 0 saturated heterocycles. The van der Waals surface area contributed by atoms with Crippen LogP contribution in [-0.4, -0.2) is 32.1 Å². The fourth-order valence-electron chi connectivity index (χ4n) is 1.41. The Morgan fingerprint density at radius 2 is 2.12 bits per heavy atom. The highest BCUT2D eigenvalue weighted by molar-refractivity contribution is 14.1. The summed E-state index contributed by atoms with van der Waals surface area (Å²) in [6.07, 6.45) is 1.13. The Kier molecular flexibility index (Phi) is 6.23. The van der Waals surface area contributed by atoms with Gasteiger partial charge in [-0.2, -0.15) is 0 Å². The molecule has 2 nitrogen and oxygen atoms in total. The molecule has 1 aromatic carbocycles. The Labute approximate surface area is 110 Å². The standard InChI is InChI=1S/C12H18FIN2/c1-16(2)7-3-6-15-9-10-4-5-11(13)8-12(10)14/h4-5,8,15H,3,6-7,9H2,1-2H3. The maximum atomic E-state index is 12.8. The van der Waals surface area contributed by atoms with Gasteiger partial charge in [0.15, 0.2) is 0 Å². The van der Waals surface area contributed by atoms with Crippen LogP contribution in [0.1, 0.15) is 12.0 Å². The molecule has 0 aliphatic heterocycles. The summed E-state index contributed by atoms with van der Waals surface area (Å²) < 4.78 is 13.8. The van der Waals surface area contributed by atoms with Crippen LogP contribution in [0.2, 0.25) is 0 Å². The summed E-state index contributed by atoms with van der Waals surface area (Å²) in [6.45, 7) is 2.89. The Morgan fingerprint density at radius 1 is 1.38 bits per heavy atom. The van der Waals surface area contributed by atoms with Gasteiger partial charge >= 0.3 is 0 Å². The zero-order chi connectivity index (χ0) is 12.0. The monoisotopic (exact) mass is 336 g/mol. The summed E-state index contributed by atoms with van der Waals surface area (Å²) in [6, 6.07) is 4.92. The molecule has 16 heavy (non-hydrogen) atoms. The third-order valence-corrected chi connectivity index (χ3v) is 3.29. The molecular weight excluding hydrogens is 318 g/mol. The summed E-state index contributed by atoms with van der Waals surface area (Å²) >= 11 is 2.17. The first-order valence-electron chi connectivity index (χ1n) is 5.39. The van der Waals surface area contributed by atoms with Crippen LogP contribution in [-0.2, 0) is 6.54 Å². The third-order valence-electron chi connectivity index (χ3n) is 2.29. The summed E-state index contributed by atoms with van der Waals surface area (Å²) in [5, 5.41) is 3.36. The highest BCUT2D eigenvalue weighted by atomic mass is 127. The lowest BCUT2D eigenvalue weighted by Gasteiger charge is -2.10. The van der Waals surface area contributed by atoms with Gasteiger partial charge in [0.1, 0.15) is 5.82 Å². The first-order valence-corrected chi connectivity index (χ1v) is 6.47. The van der Waals surface area contributed by atoms with Crippen LogP contribution in [0.5, 0.6) is 0 Å². The van der Waals surface area contributed by atoms with Gasteiger partial charge in [0.2, 0.25) is 0 Å². The molecule has 0 unspecified atom stereocenters. The van der Waals surface area contributed by atoms with E-state index in [-0.39, 0.29) is 5.82 Å². The Bertz CT molecular complexity index is 329. The van der Waals surface area contributed by atoms with Gasteiger partial charge in [-0.05, 0) is 73.9 Å². The minimum atomic E-state index is -0.166. The predicted octanol–water partition coefficient (Wildman–Crippen LogP) is 2.47. The van der Waals surface area contributed by atoms with Crippen molar-refractivity contribution in [1.82, 2.24) is 10.2 Å². The van der Waals surface area contributed by atoms with Gasteiger partial charge in [-0.25, -0.2) is 4.39 Å². The number of halogens is 2. The van der Waals surface area contributed by atoms with Gasteiger partial charge in [-0.15, -0.1) is 0 Å². The van der Waals surface area contributed by atoms with E-state index in [1.807, 2.05) is 6.07 Å². The van der Waals surface area contributed by atoms with Gasteiger partial charge in [0.25, 0.3) is 0 Å². The molecule has 0 spiro atoms. The number of hydrogen-bond acceptors (Lipinski definition) is 2. The minimum absolute atomic E-state index is 0.166. The fourth-order valence-corrected chi connectivity index (χ4v) is 2.08. The van der Waals surface area contributed by atoms with E-state index in [1.54, 1.807) is 6.07 Å². The van der Waals surface area contributed by atoms with E-state index in [0.717, 1.165) is 35.2 Å². The Hall–Kier alpha value is -0.200. The molecule has 1 N–H and O–H groups in total. The van der Waals surface area contributed by atoms with E-state index in [2.05, 4.69) is 46.9 Å². The second-order valence-corrected chi connectivity index (χ2v) is 5.23. The van der Waals surface area contributed by atoms with E-state index in [1.165, 1.54) is 6.07 Å². The van der Waals surface area contributed by atoms with E-state index in [4.69, 9.17) is 0 Å². The highest BCUT2D eigenvalue weighted by Gasteiger charge is 2.00. The number of rotatable bonds is 6. The van der Waals surface area contributed by atoms with Crippen molar-refractivity contribution in [3.8, 4) is 0 Å². The lowest BCUT2D eigenvalue weighted by Crippen LogP contribution is -2.21. The first kappa shape index (κ1) is 13.9. The third kappa shape index (κ3) is 5.23. The Morgan fingerprint density at radius 3 is 2.75 bits per heavy atom. The van der Waals surface area contributed by atoms with Crippen molar-refractivity contribution in [1.29, 1.82) is 0 Å². The summed E-state index contributed by atoms with van der Waals surface area (Å²) in [5.41, 5.74) is 1.16. The van der Waals surface area contributed by atoms with E-state index < -0.39 is 0 Å². The first-order chi connectivity index (χ1) is 7.59. The molecule has 4 heteroatoms. The zero-order valence-electron chi connectivity index (χ0n) is 9.76. The molecule has 0 saturated carbocycles. The number of hydrogen-bond donors (Lipinski definition) is 1. The second kappa shape index (κ2) is 7.19. The van der Waals surface area contributed by atoms with E-state index in [9.17, 15) is 4.39 Å². The maximum Gasteiger partial charge on any atom is 0.124 e. The van der Waals surface area contributed by atoms with Gasteiger partial charge in [-0.1, -0.05) is 6.07 Å². The van der Waals surface area contributed by atoms with Crippen LogP contribution in [0.25, 0.3) is 0 Å². The van der Waals surface area contributed by atoms with Crippen LogP contribution in [0.4, 0.5) is 4.39 Å². The van der Waals surface area contributed by atoms with Gasteiger partial charge in [-0.3, -0.25) is 0 Å². The predicted molar refractivity (Wildman–Crippen MR) is 74.0 cm³/mol. The molecule has 1 rings (SSSR count). The SMILES string of the molecule is CN(C)CCCNCc1ccc(F)cc1I. The van der Waals surface area contributed by atoms with Crippen molar-refractivity contribution in [3.05, 3.63) is 33.1 Å². The van der Waals surface area contributed by atoms with Crippen molar-refractivity contribution in [3.63, 3.8) is 0 Å². The maximum absolute atomic E-state index is 12.8. The second-order valence-electron chi connectivity index (χ2n) is 4.07. The topological polar surface area (TPSA) is 15.3 Å². The summed E-state index contributed by atoms with van der Waals surface area (Å²) in [5.74, 6) is -0.166. The van der Waals surface area contributed by atoms with Crippen molar-refractivity contribution in [2.24, 2.45) is 0 Å². The normalized spacial score (nSPS) is 11.1. The largest absolute Gasteiger partial charge is 0.313 e. The molecule has 0 radical (unpaired) electrons. The average Bonchev–Trinajstić information content (AvgIpc) is 2.20. The Balaban J connectivity index is 2.27. The van der Waals surface area contributed by atoms with Crippen LogP contribution in [0, 0.1) is 9.39 Å². The van der Waals surface area contributed by atoms with Crippen LogP contribution in [0.15, 0.2) is 18.2 Å². The summed E-state index contributed by atoms with van der Waals surface area (Å²) in [4.78, 5) is 2.17. The molecule has 0 fully saturated rings. The fraction of sp³-hybridized carbons (Fsp3) is 0.500. The molecular formula is C12H18FIN2. The smallest absolute Gasteiger partial charge is 0.124 e. The molecule has 1 aromatic rings. The molecule has 0 atom stereocenters. The van der Waals surface area contributed by atoms with Crippen molar-refractivity contribution < 1.29 is 4.39 Å². The van der Waals surface area contributed by atoms with Crippen molar-refractivity contribution >= 4 is 22.6 Å². The molecule has 0 aliphatic carbocycles. The molecule has 0 aliphatic rings. The minimum Gasteiger partial charge on any atom is -0.313 e. The zero-order valence-corrected chi connectivity index (χ0v) is 11.9.